The molecule has 0 amide bonds. The van der Waals surface area contributed by atoms with E-state index in [1.165, 1.54) is 12.1 Å². The molecule has 0 saturated carbocycles. The highest BCUT2D eigenvalue weighted by Crippen LogP contribution is 2.29. The molecule has 0 aromatic heterocycles. The maximum Gasteiger partial charge on any atom is 0.301 e. The Morgan fingerprint density at radius 1 is 1.37 bits per heavy atom. The van der Waals surface area contributed by atoms with Gasteiger partial charge in [-0.3, -0.25) is 25.7 Å². The number of rotatable bonds is 6. The predicted octanol–water partition coefficient (Wildman–Crippen LogP) is 3.42. The summed E-state index contributed by atoms with van der Waals surface area (Å²) >= 11 is 3.20. The first-order valence-electron chi connectivity index (χ1n) is 5.36. The second-order valence-corrected chi connectivity index (χ2v) is 4.48. The zero-order valence-corrected chi connectivity index (χ0v) is 11.6. The minimum Gasteiger partial charge on any atom is -0.271 e. The van der Waals surface area contributed by atoms with Crippen molar-refractivity contribution in [1.82, 2.24) is 0 Å². The summed E-state index contributed by atoms with van der Waals surface area (Å²) in [4.78, 5) is 20.0. The minimum absolute atomic E-state index is 0.101. The molecule has 0 bridgehead atoms. The largest absolute Gasteiger partial charge is 0.301 e. The van der Waals surface area contributed by atoms with E-state index in [4.69, 9.17) is 0 Å². The number of hydrazone groups is 1. The number of halogens is 1. The van der Waals surface area contributed by atoms with Crippen LogP contribution < -0.4 is 5.43 Å². The summed E-state index contributed by atoms with van der Waals surface area (Å²) in [5.41, 5.74) is 1.89. The van der Waals surface area contributed by atoms with Crippen LogP contribution in [0.1, 0.15) is 19.8 Å². The van der Waals surface area contributed by atoms with Gasteiger partial charge < -0.3 is 0 Å². The first-order chi connectivity index (χ1) is 8.95. The van der Waals surface area contributed by atoms with Crippen LogP contribution in [-0.4, -0.2) is 14.5 Å². The average Bonchev–Trinajstić information content (AvgIpc) is 2.36. The molecule has 0 unspecified atom stereocenters. The molecule has 1 aromatic rings. The van der Waals surface area contributed by atoms with Gasteiger partial charge in [-0.2, -0.15) is 5.10 Å². The standard InChI is InChI=1S/C10H11BrN4O4/c1-2-3-10(11)13-12-8-5-4-7(14(16)17)6-9(8)15(18)19/h4-6,12H,2-3H2,1H3/b13-10-. The van der Waals surface area contributed by atoms with Gasteiger partial charge in [0, 0.05) is 6.07 Å². The Morgan fingerprint density at radius 3 is 2.58 bits per heavy atom. The van der Waals surface area contributed by atoms with Crippen LogP contribution in [0.25, 0.3) is 0 Å². The van der Waals surface area contributed by atoms with Gasteiger partial charge in [0.05, 0.1) is 15.9 Å². The molecule has 1 N–H and O–H groups in total. The van der Waals surface area contributed by atoms with Crippen molar-refractivity contribution < 1.29 is 9.85 Å². The quantitative estimate of drug-likeness (QED) is 0.488. The van der Waals surface area contributed by atoms with Gasteiger partial charge in [-0.15, -0.1) is 0 Å². The number of benzene rings is 1. The molecular formula is C10H11BrN4O4. The first kappa shape index (κ1) is 15.0. The van der Waals surface area contributed by atoms with Crippen LogP contribution in [0.3, 0.4) is 0 Å². The van der Waals surface area contributed by atoms with E-state index in [-0.39, 0.29) is 11.4 Å². The maximum atomic E-state index is 10.8. The van der Waals surface area contributed by atoms with E-state index in [9.17, 15) is 20.2 Å². The molecule has 0 radical (unpaired) electrons. The van der Waals surface area contributed by atoms with Crippen molar-refractivity contribution in [3.8, 4) is 0 Å². The van der Waals surface area contributed by atoms with Crippen LogP contribution in [0, 0.1) is 20.2 Å². The molecule has 0 saturated heterocycles. The average molecular weight is 331 g/mol. The van der Waals surface area contributed by atoms with Gasteiger partial charge >= 0.3 is 5.69 Å². The molecule has 102 valence electrons. The summed E-state index contributed by atoms with van der Waals surface area (Å²) in [6.07, 6.45) is 1.56. The number of nitro benzene ring substituents is 2. The van der Waals surface area contributed by atoms with Gasteiger partial charge in [-0.05, 0) is 34.8 Å². The van der Waals surface area contributed by atoms with Gasteiger partial charge in [-0.1, -0.05) is 6.92 Å². The SMILES string of the molecule is CCC/C(Br)=N/Nc1ccc([N+](=O)[O-])cc1[N+](=O)[O-]. The van der Waals surface area contributed by atoms with Crippen LogP contribution in [0.2, 0.25) is 0 Å². The van der Waals surface area contributed by atoms with Crippen molar-refractivity contribution in [3.63, 3.8) is 0 Å². The van der Waals surface area contributed by atoms with E-state index >= 15 is 0 Å². The van der Waals surface area contributed by atoms with Crippen molar-refractivity contribution in [1.29, 1.82) is 0 Å². The fourth-order valence-electron chi connectivity index (χ4n) is 1.26. The van der Waals surface area contributed by atoms with Gasteiger partial charge in [0.15, 0.2) is 0 Å². The van der Waals surface area contributed by atoms with Crippen molar-refractivity contribution in [2.75, 3.05) is 5.43 Å². The summed E-state index contributed by atoms with van der Waals surface area (Å²) in [6.45, 7) is 1.96. The Labute approximate surface area is 116 Å². The van der Waals surface area contributed by atoms with E-state index in [2.05, 4.69) is 26.5 Å². The normalized spacial score (nSPS) is 11.2. The third-order valence-corrected chi connectivity index (χ3v) is 2.72. The van der Waals surface area contributed by atoms with E-state index in [0.29, 0.717) is 11.0 Å². The van der Waals surface area contributed by atoms with E-state index < -0.39 is 15.5 Å². The maximum absolute atomic E-state index is 10.8. The van der Waals surface area contributed by atoms with Gasteiger partial charge in [-0.25, -0.2) is 0 Å². The lowest BCUT2D eigenvalue weighted by atomic mass is 10.2. The molecule has 19 heavy (non-hydrogen) atoms. The number of hydrogen-bond acceptors (Lipinski definition) is 6. The van der Waals surface area contributed by atoms with Crippen LogP contribution in [0.15, 0.2) is 23.3 Å². The Balaban J connectivity index is 3.04. The Kier molecular flexibility index (Phi) is 5.37. The summed E-state index contributed by atoms with van der Waals surface area (Å²) in [6, 6.07) is 3.33. The highest BCUT2D eigenvalue weighted by Gasteiger charge is 2.19. The zero-order chi connectivity index (χ0) is 14.4. The van der Waals surface area contributed by atoms with Crippen LogP contribution in [0.5, 0.6) is 0 Å². The summed E-state index contributed by atoms with van der Waals surface area (Å²) in [7, 11) is 0. The van der Waals surface area contributed by atoms with Gasteiger partial charge in [0.1, 0.15) is 10.3 Å². The number of nitrogens with one attached hydrogen (secondary N) is 1. The predicted molar refractivity (Wildman–Crippen MR) is 74.6 cm³/mol. The van der Waals surface area contributed by atoms with E-state index in [1.807, 2.05) is 6.92 Å². The number of anilines is 1. The molecule has 8 nitrogen and oxygen atoms in total. The second kappa shape index (κ2) is 6.78. The van der Waals surface area contributed by atoms with E-state index in [0.717, 1.165) is 12.5 Å². The lowest BCUT2D eigenvalue weighted by molar-refractivity contribution is -0.393. The minimum atomic E-state index is -0.696. The first-order valence-corrected chi connectivity index (χ1v) is 6.16. The summed E-state index contributed by atoms with van der Waals surface area (Å²) < 4.78 is 0.614. The third kappa shape index (κ3) is 4.28. The lowest BCUT2D eigenvalue weighted by Gasteiger charge is -2.03. The fourth-order valence-corrected chi connectivity index (χ4v) is 1.75. The summed E-state index contributed by atoms with van der Waals surface area (Å²) in [5, 5.41) is 25.3. The Morgan fingerprint density at radius 2 is 2.05 bits per heavy atom. The van der Waals surface area contributed by atoms with Crippen LogP contribution in [-0.2, 0) is 0 Å². The molecule has 0 aliphatic heterocycles. The molecule has 1 rings (SSSR count). The fraction of sp³-hybridized carbons (Fsp3) is 0.300. The number of nitrogens with zero attached hydrogens (tertiary/aromatic N) is 3. The molecule has 0 aliphatic carbocycles. The summed E-state index contributed by atoms with van der Waals surface area (Å²) in [5.74, 6) is 0. The number of non-ortho nitro benzene ring substituents is 1. The molecular weight excluding hydrogens is 320 g/mol. The molecule has 0 heterocycles. The Hall–Kier alpha value is -2.03. The van der Waals surface area contributed by atoms with Crippen molar-refractivity contribution in [2.45, 2.75) is 19.8 Å². The number of hydrogen-bond donors (Lipinski definition) is 1. The van der Waals surface area contributed by atoms with E-state index in [1.54, 1.807) is 0 Å². The zero-order valence-electron chi connectivity index (χ0n) is 10.00. The van der Waals surface area contributed by atoms with Gasteiger partial charge in [0.2, 0.25) is 0 Å². The lowest BCUT2D eigenvalue weighted by Crippen LogP contribution is -2.00. The van der Waals surface area contributed by atoms with Crippen molar-refractivity contribution >= 4 is 37.6 Å². The highest BCUT2D eigenvalue weighted by molar-refractivity contribution is 9.18. The molecule has 0 aliphatic rings. The molecule has 0 atom stereocenters. The third-order valence-electron chi connectivity index (χ3n) is 2.14. The molecule has 0 spiro atoms. The molecule has 0 fully saturated rings. The Bertz CT molecular complexity index is 532. The second-order valence-electron chi connectivity index (χ2n) is 3.57. The number of nitro groups is 2. The molecule has 1 aromatic carbocycles. The van der Waals surface area contributed by atoms with Crippen molar-refractivity contribution in [3.05, 3.63) is 38.4 Å². The molecule has 9 heteroatoms. The van der Waals surface area contributed by atoms with Gasteiger partial charge in [0.25, 0.3) is 5.69 Å². The van der Waals surface area contributed by atoms with Crippen molar-refractivity contribution in [2.24, 2.45) is 5.10 Å². The van der Waals surface area contributed by atoms with Crippen LogP contribution >= 0.6 is 15.9 Å². The smallest absolute Gasteiger partial charge is 0.271 e. The highest BCUT2D eigenvalue weighted by atomic mass is 79.9. The van der Waals surface area contributed by atoms with Crippen LogP contribution in [0.4, 0.5) is 17.1 Å². The monoisotopic (exact) mass is 330 g/mol. The topological polar surface area (TPSA) is 111 Å².